The van der Waals surface area contributed by atoms with E-state index in [-0.39, 0.29) is 10.6 Å². The molecule has 0 aliphatic heterocycles. The SMILES string of the molecule is CCc1ccccc1NS(=O)(=O)c1cccc(F)c1N. The second-order valence-corrected chi connectivity index (χ2v) is 5.92. The van der Waals surface area contributed by atoms with E-state index in [1.165, 1.54) is 12.1 Å². The number of nitrogens with one attached hydrogen (secondary N) is 1. The van der Waals surface area contributed by atoms with Gasteiger partial charge in [-0.15, -0.1) is 0 Å². The Kier molecular flexibility index (Phi) is 3.94. The molecule has 20 heavy (non-hydrogen) atoms. The van der Waals surface area contributed by atoms with E-state index >= 15 is 0 Å². The van der Waals surface area contributed by atoms with Gasteiger partial charge in [-0.25, -0.2) is 12.8 Å². The summed E-state index contributed by atoms with van der Waals surface area (Å²) in [5.74, 6) is -0.753. The first kappa shape index (κ1) is 14.3. The summed E-state index contributed by atoms with van der Waals surface area (Å²) in [6, 6.07) is 10.7. The molecule has 0 radical (unpaired) electrons. The van der Waals surface area contributed by atoms with Crippen LogP contribution in [0.25, 0.3) is 0 Å². The average molecular weight is 294 g/mol. The second kappa shape index (κ2) is 5.50. The monoisotopic (exact) mass is 294 g/mol. The summed E-state index contributed by atoms with van der Waals surface area (Å²) < 4.78 is 40.4. The number of nitrogens with two attached hydrogens (primary N) is 1. The highest BCUT2D eigenvalue weighted by Crippen LogP contribution is 2.25. The fraction of sp³-hybridized carbons (Fsp3) is 0.143. The third-order valence-electron chi connectivity index (χ3n) is 2.95. The number of benzene rings is 2. The van der Waals surface area contributed by atoms with Gasteiger partial charge in [-0.1, -0.05) is 31.2 Å². The highest BCUT2D eigenvalue weighted by atomic mass is 32.2. The van der Waals surface area contributed by atoms with Crippen molar-refractivity contribution in [3.8, 4) is 0 Å². The maximum atomic E-state index is 13.4. The standard InChI is InChI=1S/C14H15FN2O2S/c1-2-10-6-3-4-8-12(10)17-20(18,19)13-9-5-7-11(15)14(13)16/h3-9,17H,2,16H2,1H3. The summed E-state index contributed by atoms with van der Waals surface area (Å²) >= 11 is 0. The summed E-state index contributed by atoms with van der Waals surface area (Å²) in [7, 11) is -3.91. The summed E-state index contributed by atoms with van der Waals surface area (Å²) in [6.07, 6.45) is 0.678. The largest absolute Gasteiger partial charge is 0.395 e. The van der Waals surface area contributed by atoms with Gasteiger partial charge >= 0.3 is 0 Å². The van der Waals surface area contributed by atoms with Gasteiger partial charge in [0.1, 0.15) is 10.7 Å². The van der Waals surface area contributed by atoms with E-state index in [1.807, 2.05) is 19.1 Å². The van der Waals surface area contributed by atoms with Gasteiger partial charge in [0.2, 0.25) is 0 Å². The molecule has 0 saturated heterocycles. The topological polar surface area (TPSA) is 72.2 Å². The fourth-order valence-corrected chi connectivity index (χ4v) is 3.12. The minimum absolute atomic E-state index is 0.261. The predicted octanol–water partition coefficient (Wildman–Crippen LogP) is 2.77. The molecule has 0 aliphatic rings. The number of sulfonamides is 1. The van der Waals surface area contributed by atoms with Gasteiger partial charge in [-0.05, 0) is 30.2 Å². The van der Waals surface area contributed by atoms with Crippen LogP contribution in [0.15, 0.2) is 47.4 Å². The molecule has 2 rings (SSSR count). The molecule has 2 aromatic carbocycles. The van der Waals surface area contributed by atoms with E-state index in [2.05, 4.69) is 4.72 Å². The predicted molar refractivity (Wildman–Crippen MR) is 77.4 cm³/mol. The van der Waals surface area contributed by atoms with Crippen LogP contribution in [0.2, 0.25) is 0 Å². The zero-order valence-corrected chi connectivity index (χ0v) is 11.7. The van der Waals surface area contributed by atoms with Crippen LogP contribution in [-0.4, -0.2) is 8.42 Å². The molecule has 0 amide bonds. The van der Waals surface area contributed by atoms with Crippen LogP contribution in [0.4, 0.5) is 15.8 Å². The Labute approximate surface area is 117 Å². The van der Waals surface area contributed by atoms with E-state index in [0.29, 0.717) is 12.1 Å². The van der Waals surface area contributed by atoms with Gasteiger partial charge in [0.15, 0.2) is 0 Å². The Morgan fingerprint density at radius 2 is 1.85 bits per heavy atom. The van der Waals surface area contributed by atoms with Crippen LogP contribution in [-0.2, 0) is 16.4 Å². The van der Waals surface area contributed by atoms with Crippen molar-refractivity contribution in [2.24, 2.45) is 0 Å². The number of hydrogen-bond acceptors (Lipinski definition) is 3. The van der Waals surface area contributed by atoms with Crippen molar-refractivity contribution in [3.63, 3.8) is 0 Å². The molecule has 3 N–H and O–H groups in total. The molecule has 106 valence electrons. The maximum absolute atomic E-state index is 13.4. The Morgan fingerprint density at radius 3 is 2.55 bits per heavy atom. The first-order valence-corrected chi connectivity index (χ1v) is 7.58. The average Bonchev–Trinajstić information content (AvgIpc) is 2.42. The molecular weight excluding hydrogens is 279 g/mol. The first-order chi connectivity index (χ1) is 9.45. The van der Waals surface area contributed by atoms with Gasteiger partial charge in [0, 0.05) is 0 Å². The number of halogens is 1. The number of anilines is 2. The lowest BCUT2D eigenvalue weighted by atomic mass is 10.1. The van der Waals surface area contributed by atoms with E-state index in [4.69, 9.17) is 5.73 Å². The minimum atomic E-state index is -3.91. The third-order valence-corrected chi connectivity index (χ3v) is 4.37. The maximum Gasteiger partial charge on any atom is 0.264 e. The highest BCUT2D eigenvalue weighted by Gasteiger charge is 2.20. The quantitative estimate of drug-likeness (QED) is 0.852. The lowest BCUT2D eigenvalue weighted by Gasteiger charge is -2.13. The number of aryl methyl sites for hydroxylation is 1. The van der Waals surface area contributed by atoms with Crippen molar-refractivity contribution >= 4 is 21.4 Å². The smallest absolute Gasteiger partial charge is 0.264 e. The molecule has 0 aromatic heterocycles. The molecule has 2 aromatic rings. The number of nitrogen functional groups attached to an aromatic ring is 1. The zero-order valence-electron chi connectivity index (χ0n) is 10.9. The molecule has 0 aliphatic carbocycles. The Balaban J connectivity index is 2.44. The molecule has 0 saturated carbocycles. The van der Waals surface area contributed by atoms with E-state index in [1.54, 1.807) is 12.1 Å². The van der Waals surface area contributed by atoms with Crippen molar-refractivity contribution in [3.05, 3.63) is 53.8 Å². The van der Waals surface area contributed by atoms with Crippen LogP contribution in [0.1, 0.15) is 12.5 Å². The molecule has 4 nitrogen and oxygen atoms in total. The molecular formula is C14H15FN2O2S. The second-order valence-electron chi connectivity index (χ2n) is 4.27. The Morgan fingerprint density at radius 1 is 1.15 bits per heavy atom. The Hall–Kier alpha value is -2.08. The van der Waals surface area contributed by atoms with E-state index in [9.17, 15) is 12.8 Å². The first-order valence-electron chi connectivity index (χ1n) is 6.10. The molecule has 0 unspecified atom stereocenters. The molecule has 0 heterocycles. The highest BCUT2D eigenvalue weighted by molar-refractivity contribution is 7.92. The van der Waals surface area contributed by atoms with E-state index in [0.717, 1.165) is 11.6 Å². The fourth-order valence-electron chi connectivity index (χ4n) is 1.88. The van der Waals surface area contributed by atoms with Crippen LogP contribution < -0.4 is 10.5 Å². The normalized spacial score (nSPS) is 11.3. The summed E-state index contributed by atoms with van der Waals surface area (Å²) in [5.41, 5.74) is 6.44. The van der Waals surface area contributed by atoms with Crippen molar-refractivity contribution in [2.75, 3.05) is 10.5 Å². The third kappa shape index (κ3) is 2.75. The number of para-hydroxylation sites is 2. The molecule has 0 fully saturated rings. The van der Waals surface area contributed by atoms with Crippen LogP contribution >= 0.6 is 0 Å². The minimum Gasteiger partial charge on any atom is -0.395 e. The van der Waals surface area contributed by atoms with Gasteiger partial charge in [-0.2, -0.15) is 0 Å². The van der Waals surface area contributed by atoms with Crippen LogP contribution in [0, 0.1) is 5.82 Å². The molecule has 0 bridgehead atoms. The molecule has 6 heteroatoms. The van der Waals surface area contributed by atoms with Gasteiger partial charge in [0.25, 0.3) is 10.0 Å². The van der Waals surface area contributed by atoms with Crippen molar-refractivity contribution in [2.45, 2.75) is 18.2 Å². The van der Waals surface area contributed by atoms with Crippen molar-refractivity contribution < 1.29 is 12.8 Å². The van der Waals surface area contributed by atoms with E-state index < -0.39 is 15.8 Å². The zero-order chi connectivity index (χ0) is 14.8. The summed E-state index contributed by atoms with van der Waals surface area (Å²) in [4.78, 5) is -0.261. The number of hydrogen-bond donors (Lipinski definition) is 2. The van der Waals surface area contributed by atoms with Gasteiger partial charge in [0.05, 0.1) is 11.4 Å². The molecule has 0 spiro atoms. The number of rotatable bonds is 4. The summed E-state index contributed by atoms with van der Waals surface area (Å²) in [6.45, 7) is 1.92. The lowest BCUT2D eigenvalue weighted by Crippen LogP contribution is -2.16. The van der Waals surface area contributed by atoms with Crippen molar-refractivity contribution in [1.29, 1.82) is 0 Å². The van der Waals surface area contributed by atoms with Crippen LogP contribution in [0.5, 0.6) is 0 Å². The lowest BCUT2D eigenvalue weighted by molar-refractivity contribution is 0.597. The molecule has 0 atom stereocenters. The van der Waals surface area contributed by atoms with Crippen molar-refractivity contribution in [1.82, 2.24) is 0 Å². The van der Waals surface area contributed by atoms with Gasteiger partial charge < -0.3 is 5.73 Å². The summed E-state index contributed by atoms with van der Waals surface area (Å²) in [5, 5.41) is 0. The Bertz CT molecular complexity index is 730. The van der Waals surface area contributed by atoms with Crippen LogP contribution in [0.3, 0.4) is 0 Å². The van der Waals surface area contributed by atoms with Gasteiger partial charge in [-0.3, -0.25) is 4.72 Å².